The quantitative estimate of drug-likeness (QED) is 0.836. The Hall–Kier alpha value is -3.09. The number of nitrogens with zero attached hydrogens (tertiary/aromatic N) is 1. The number of aryl methyl sites for hydroxylation is 2. The molecule has 1 N–H and O–H groups in total. The largest absolute Gasteiger partial charge is 0.452 e. The first-order chi connectivity index (χ1) is 11.8. The Labute approximate surface area is 145 Å². The average Bonchev–Trinajstić information content (AvgIpc) is 2.52. The van der Waals surface area contributed by atoms with Gasteiger partial charge in [-0.1, -0.05) is 0 Å². The molecule has 2 aromatic rings. The van der Waals surface area contributed by atoms with E-state index in [0.717, 1.165) is 5.69 Å². The van der Waals surface area contributed by atoms with Crippen LogP contribution in [0.25, 0.3) is 0 Å². The number of carbonyl (C=O) groups is 2. The Kier molecular flexibility index (Phi) is 5.59. The van der Waals surface area contributed by atoms with Crippen LogP contribution < -0.4 is 15.8 Å². The third-order valence-electron chi connectivity index (χ3n) is 3.54. The molecule has 0 fully saturated rings. The molecule has 0 saturated carbocycles. The molecule has 25 heavy (non-hydrogen) atoms. The number of hydrogen-bond acceptors (Lipinski definition) is 6. The Balaban J connectivity index is 1.96. The van der Waals surface area contributed by atoms with Crippen LogP contribution >= 0.6 is 0 Å². The van der Waals surface area contributed by atoms with Crippen molar-refractivity contribution < 1.29 is 18.7 Å². The summed E-state index contributed by atoms with van der Waals surface area (Å²) in [6.07, 6.45) is 0. The lowest BCUT2D eigenvalue weighted by Crippen LogP contribution is -2.22. The molecule has 0 aliphatic carbocycles. The fourth-order valence-electron chi connectivity index (χ4n) is 2.31. The van der Waals surface area contributed by atoms with Gasteiger partial charge in [0.2, 0.25) is 0 Å². The fourth-order valence-corrected chi connectivity index (χ4v) is 2.31. The number of hydrogen-bond donors (Lipinski definition) is 1. The first-order valence-corrected chi connectivity index (χ1v) is 7.63. The SMILES string of the molecule is Cc1cc(=O)oc(C)c1C(=O)OCC(=O)Nc1ccc(N(C)C)cc1. The molecule has 0 bridgehead atoms. The summed E-state index contributed by atoms with van der Waals surface area (Å²) in [5.41, 5.74) is 1.66. The first kappa shape index (κ1) is 18.3. The van der Waals surface area contributed by atoms with Crippen LogP contribution in [-0.4, -0.2) is 32.6 Å². The van der Waals surface area contributed by atoms with Crippen LogP contribution in [0.5, 0.6) is 0 Å². The van der Waals surface area contributed by atoms with Crippen molar-refractivity contribution in [3.8, 4) is 0 Å². The van der Waals surface area contributed by atoms with Crippen molar-refractivity contribution in [2.75, 3.05) is 30.9 Å². The zero-order chi connectivity index (χ0) is 18.6. The lowest BCUT2D eigenvalue weighted by atomic mass is 10.1. The summed E-state index contributed by atoms with van der Waals surface area (Å²) in [6, 6.07) is 8.45. The topological polar surface area (TPSA) is 88.9 Å². The summed E-state index contributed by atoms with van der Waals surface area (Å²) in [7, 11) is 3.84. The average molecular weight is 344 g/mol. The molecule has 2 rings (SSSR count). The second-order valence-electron chi connectivity index (χ2n) is 5.75. The van der Waals surface area contributed by atoms with Gasteiger partial charge in [0.15, 0.2) is 6.61 Å². The van der Waals surface area contributed by atoms with Gasteiger partial charge in [0.1, 0.15) is 11.3 Å². The van der Waals surface area contributed by atoms with Gasteiger partial charge in [-0.2, -0.15) is 0 Å². The van der Waals surface area contributed by atoms with Crippen LogP contribution in [0.1, 0.15) is 21.7 Å². The Morgan fingerprint density at radius 2 is 1.80 bits per heavy atom. The van der Waals surface area contributed by atoms with E-state index in [-0.39, 0.29) is 11.3 Å². The molecule has 0 spiro atoms. The van der Waals surface area contributed by atoms with Gasteiger partial charge < -0.3 is 19.4 Å². The van der Waals surface area contributed by atoms with E-state index in [9.17, 15) is 14.4 Å². The molecular formula is C18H20N2O5. The van der Waals surface area contributed by atoms with Gasteiger partial charge in [0, 0.05) is 31.5 Å². The smallest absolute Gasteiger partial charge is 0.342 e. The van der Waals surface area contributed by atoms with E-state index >= 15 is 0 Å². The molecule has 0 unspecified atom stereocenters. The van der Waals surface area contributed by atoms with Crippen molar-refractivity contribution in [1.82, 2.24) is 0 Å². The minimum absolute atomic E-state index is 0.155. The monoisotopic (exact) mass is 344 g/mol. The van der Waals surface area contributed by atoms with Crippen LogP contribution in [0.2, 0.25) is 0 Å². The van der Waals surface area contributed by atoms with E-state index in [1.165, 1.54) is 13.0 Å². The highest BCUT2D eigenvalue weighted by Gasteiger charge is 2.18. The third-order valence-corrected chi connectivity index (χ3v) is 3.54. The maximum absolute atomic E-state index is 12.1. The molecule has 0 atom stereocenters. The van der Waals surface area contributed by atoms with Gasteiger partial charge in [-0.3, -0.25) is 4.79 Å². The summed E-state index contributed by atoms with van der Waals surface area (Å²) in [5, 5.41) is 2.65. The number of nitrogens with one attached hydrogen (secondary N) is 1. The number of esters is 1. The fraction of sp³-hybridized carbons (Fsp3) is 0.278. The van der Waals surface area contributed by atoms with E-state index in [0.29, 0.717) is 11.3 Å². The van der Waals surface area contributed by atoms with Gasteiger partial charge in [-0.05, 0) is 43.7 Å². The highest BCUT2D eigenvalue weighted by Crippen LogP contribution is 2.16. The van der Waals surface area contributed by atoms with E-state index < -0.39 is 24.1 Å². The molecule has 1 heterocycles. The van der Waals surface area contributed by atoms with Crippen molar-refractivity contribution in [2.24, 2.45) is 0 Å². The maximum Gasteiger partial charge on any atom is 0.342 e. The number of carbonyl (C=O) groups excluding carboxylic acids is 2. The van der Waals surface area contributed by atoms with Crippen molar-refractivity contribution >= 4 is 23.3 Å². The molecule has 0 aliphatic rings. The van der Waals surface area contributed by atoms with Gasteiger partial charge in [0.25, 0.3) is 5.91 Å². The van der Waals surface area contributed by atoms with Crippen molar-refractivity contribution in [3.05, 3.63) is 57.6 Å². The zero-order valence-corrected chi connectivity index (χ0v) is 14.6. The van der Waals surface area contributed by atoms with Gasteiger partial charge in [-0.15, -0.1) is 0 Å². The van der Waals surface area contributed by atoms with E-state index in [4.69, 9.17) is 9.15 Å². The molecule has 1 aromatic heterocycles. The highest BCUT2D eigenvalue weighted by atomic mass is 16.5. The van der Waals surface area contributed by atoms with E-state index in [1.807, 2.05) is 31.1 Å². The Morgan fingerprint density at radius 3 is 2.36 bits per heavy atom. The maximum atomic E-state index is 12.1. The lowest BCUT2D eigenvalue weighted by molar-refractivity contribution is -0.119. The molecular weight excluding hydrogens is 324 g/mol. The predicted octanol–water partition coefficient (Wildman–Crippen LogP) is 2.12. The number of amides is 1. The lowest BCUT2D eigenvalue weighted by Gasteiger charge is -2.13. The third kappa shape index (κ3) is 4.69. The Bertz CT molecular complexity index is 811. The molecule has 7 nitrogen and oxygen atoms in total. The predicted molar refractivity (Wildman–Crippen MR) is 94.1 cm³/mol. The van der Waals surface area contributed by atoms with Gasteiger partial charge >= 0.3 is 11.6 Å². The van der Waals surface area contributed by atoms with Crippen LogP contribution in [0, 0.1) is 13.8 Å². The molecule has 0 radical (unpaired) electrons. The summed E-state index contributed by atoms with van der Waals surface area (Å²) in [4.78, 5) is 37.2. The van der Waals surface area contributed by atoms with Gasteiger partial charge in [-0.25, -0.2) is 9.59 Å². The second kappa shape index (κ2) is 7.65. The zero-order valence-electron chi connectivity index (χ0n) is 14.6. The normalized spacial score (nSPS) is 10.2. The van der Waals surface area contributed by atoms with Gasteiger partial charge in [0.05, 0.1) is 0 Å². The highest BCUT2D eigenvalue weighted by molar-refractivity contribution is 5.96. The molecule has 1 aromatic carbocycles. The number of benzene rings is 1. The summed E-state index contributed by atoms with van der Waals surface area (Å²) < 4.78 is 9.89. The number of rotatable bonds is 5. The van der Waals surface area contributed by atoms with Crippen molar-refractivity contribution in [3.63, 3.8) is 0 Å². The van der Waals surface area contributed by atoms with E-state index in [1.54, 1.807) is 19.1 Å². The van der Waals surface area contributed by atoms with E-state index in [2.05, 4.69) is 5.32 Å². The van der Waals surface area contributed by atoms with Crippen LogP contribution in [0.3, 0.4) is 0 Å². The minimum Gasteiger partial charge on any atom is -0.452 e. The molecule has 7 heteroatoms. The van der Waals surface area contributed by atoms with Crippen LogP contribution in [-0.2, 0) is 9.53 Å². The van der Waals surface area contributed by atoms with Crippen LogP contribution in [0.4, 0.5) is 11.4 Å². The standard InChI is InChI=1S/C18H20N2O5/c1-11-9-16(22)25-12(2)17(11)18(23)24-10-15(21)19-13-5-7-14(8-6-13)20(3)4/h5-9H,10H2,1-4H3,(H,19,21). The summed E-state index contributed by atoms with van der Waals surface area (Å²) >= 11 is 0. The molecule has 1 amide bonds. The number of anilines is 2. The molecule has 0 saturated heterocycles. The minimum atomic E-state index is -0.711. The first-order valence-electron chi connectivity index (χ1n) is 7.63. The van der Waals surface area contributed by atoms with Crippen LogP contribution in [0.15, 0.2) is 39.5 Å². The summed E-state index contributed by atoms with van der Waals surface area (Å²) in [5.74, 6) is -1.01. The number of ether oxygens (including phenoxy) is 1. The molecule has 0 aliphatic heterocycles. The second-order valence-corrected chi connectivity index (χ2v) is 5.75. The summed E-state index contributed by atoms with van der Waals surface area (Å²) in [6.45, 7) is 2.66. The van der Waals surface area contributed by atoms with Crippen molar-refractivity contribution in [1.29, 1.82) is 0 Å². The molecule has 132 valence electrons. The Morgan fingerprint density at radius 1 is 1.16 bits per heavy atom. The van der Waals surface area contributed by atoms with Crippen molar-refractivity contribution in [2.45, 2.75) is 13.8 Å².